The van der Waals surface area contributed by atoms with Crippen molar-refractivity contribution < 1.29 is 73.9 Å². The van der Waals surface area contributed by atoms with E-state index in [9.17, 15) is 17.7 Å². The topological polar surface area (TPSA) is 29.5 Å². The van der Waals surface area contributed by atoms with Crippen LogP contribution in [0.2, 0.25) is 0 Å². The van der Waals surface area contributed by atoms with Crippen molar-refractivity contribution in [3.05, 3.63) is 29.3 Å². The summed E-state index contributed by atoms with van der Waals surface area (Å²) in [7, 11) is 0. The van der Waals surface area contributed by atoms with E-state index < -0.39 is 24.1 Å². The average Bonchev–Trinajstić information content (AvgIpc) is 2.34. The number of benzene rings is 1. The van der Waals surface area contributed by atoms with Gasteiger partial charge < -0.3 is 22.6 Å². The van der Waals surface area contributed by atoms with Crippen LogP contribution in [0.3, 0.4) is 0 Å². The molecule has 1 aromatic rings. The van der Waals surface area contributed by atoms with E-state index in [2.05, 4.69) is 0 Å². The standard InChI is InChI=1S/C14H18BF3NO2.K/c1-14(2,3)21-13(20)19-8-7-11-10(9-19)5-4-6-12(11)15(16,17)18;/h4-6H,7-9H2,1-3H3;/q-1;+1. The third-order valence-electron chi connectivity index (χ3n) is 3.31. The van der Waals surface area contributed by atoms with Gasteiger partial charge in [-0.3, -0.25) is 0 Å². The van der Waals surface area contributed by atoms with Crippen LogP contribution in [0, 0.1) is 0 Å². The van der Waals surface area contributed by atoms with Gasteiger partial charge in [0.15, 0.2) is 0 Å². The molecule has 1 aliphatic heterocycles. The molecule has 0 unspecified atom stereocenters. The van der Waals surface area contributed by atoms with Crippen LogP contribution < -0.4 is 56.8 Å². The van der Waals surface area contributed by atoms with Crippen molar-refractivity contribution in [1.82, 2.24) is 4.90 Å². The molecule has 0 bridgehead atoms. The van der Waals surface area contributed by atoms with E-state index in [0.717, 1.165) is 6.07 Å². The molecular weight excluding hydrogens is 321 g/mol. The fourth-order valence-electron chi connectivity index (χ4n) is 2.43. The Hall–Kier alpha value is -0.0187. The molecule has 116 valence electrons. The molecule has 0 aliphatic carbocycles. The van der Waals surface area contributed by atoms with Gasteiger partial charge in [-0.05, 0) is 32.8 Å². The number of amides is 1. The fourth-order valence-corrected chi connectivity index (χ4v) is 2.43. The first kappa shape index (κ1) is 20.0. The summed E-state index contributed by atoms with van der Waals surface area (Å²) in [6.45, 7) is 0.645. The Kier molecular flexibility index (Phi) is 6.60. The molecule has 0 saturated carbocycles. The van der Waals surface area contributed by atoms with Crippen LogP contribution in [0.25, 0.3) is 0 Å². The van der Waals surface area contributed by atoms with Gasteiger partial charge in [0.2, 0.25) is 0 Å². The number of nitrogens with zero attached hydrogens (tertiary/aromatic N) is 1. The van der Waals surface area contributed by atoms with Crippen molar-refractivity contribution in [2.75, 3.05) is 6.54 Å². The van der Waals surface area contributed by atoms with Crippen LogP contribution in [0.1, 0.15) is 31.9 Å². The molecule has 0 aromatic heterocycles. The summed E-state index contributed by atoms with van der Waals surface area (Å²) >= 11 is 0. The molecule has 2 rings (SSSR count). The Morgan fingerprint density at radius 3 is 2.45 bits per heavy atom. The van der Waals surface area contributed by atoms with E-state index in [1.54, 1.807) is 26.8 Å². The van der Waals surface area contributed by atoms with Gasteiger partial charge >= 0.3 is 64.5 Å². The molecule has 0 saturated heterocycles. The maximum atomic E-state index is 13.0. The van der Waals surface area contributed by atoms with E-state index in [-0.39, 0.29) is 70.9 Å². The molecule has 0 radical (unpaired) electrons. The molecule has 0 fully saturated rings. The number of ether oxygens (including phenoxy) is 1. The molecule has 1 aliphatic rings. The minimum atomic E-state index is -5.02. The second-order valence-corrected chi connectivity index (χ2v) is 6.21. The van der Waals surface area contributed by atoms with E-state index in [4.69, 9.17) is 4.74 Å². The van der Waals surface area contributed by atoms with Gasteiger partial charge in [-0.15, -0.1) is 5.46 Å². The van der Waals surface area contributed by atoms with E-state index in [0.29, 0.717) is 11.1 Å². The summed E-state index contributed by atoms with van der Waals surface area (Å²) in [4.78, 5) is 13.4. The van der Waals surface area contributed by atoms with E-state index >= 15 is 0 Å². The molecule has 0 N–H and O–H groups in total. The molecule has 3 nitrogen and oxygen atoms in total. The Bertz CT molecular complexity index is 558. The summed E-state index contributed by atoms with van der Waals surface area (Å²) in [6, 6.07) is 4.14. The van der Waals surface area contributed by atoms with Gasteiger partial charge in [0.1, 0.15) is 5.60 Å². The summed E-state index contributed by atoms with van der Waals surface area (Å²) in [6.07, 6.45) is -0.289. The van der Waals surface area contributed by atoms with Gasteiger partial charge in [0.05, 0.1) is 0 Å². The molecule has 1 amide bonds. The quantitative estimate of drug-likeness (QED) is 0.676. The third-order valence-corrected chi connectivity index (χ3v) is 3.31. The van der Waals surface area contributed by atoms with Gasteiger partial charge in [-0.1, -0.05) is 23.8 Å². The van der Waals surface area contributed by atoms with Crippen molar-refractivity contribution in [1.29, 1.82) is 0 Å². The summed E-state index contributed by atoms with van der Waals surface area (Å²) in [5, 5.41) is 0. The zero-order valence-electron chi connectivity index (χ0n) is 13.3. The number of hydrogen-bond acceptors (Lipinski definition) is 2. The summed E-state index contributed by atoms with van der Waals surface area (Å²) in [5.74, 6) is 0. The molecule has 0 atom stereocenters. The maximum Gasteiger partial charge on any atom is 1.00 e. The van der Waals surface area contributed by atoms with Crippen LogP contribution in [0.4, 0.5) is 17.7 Å². The summed E-state index contributed by atoms with van der Waals surface area (Å²) in [5.41, 5.74) is -0.307. The number of rotatable bonds is 1. The van der Waals surface area contributed by atoms with Crippen LogP contribution in [0.15, 0.2) is 18.2 Å². The van der Waals surface area contributed by atoms with Crippen molar-refractivity contribution in [2.24, 2.45) is 0 Å². The van der Waals surface area contributed by atoms with Crippen molar-refractivity contribution >= 4 is 18.5 Å². The van der Waals surface area contributed by atoms with E-state index in [1.807, 2.05) is 0 Å². The van der Waals surface area contributed by atoms with Crippen LogP contribution in [0.5, 0.6) is 0 Å². The number of halogens is 3. The molecular formula is C14H18BF3KNO2. The predicted molar refractivity (Wildman–Crippen MR) is 75.5 cm³/mol. The first-order valence-electron chi connectivity index (χ1n) is 6.86. The Morgan fingerprint density at radius 2 is 1.91 bits per heavy atom. The number of carbonyl (C=O) groups is 1. The Labute approximate surface area is 171 Å². The van der Waals surface area contributed by atoms with Gasteiger partial charge in [0, 0.05) is 13.1 Å². The fraction of sp³-hybridized carbons (Fsp3) is 0.500. The number of hydrogen-bond donors (Lipinski definition) is 0. The zero-order valence-corrected chi connectivity index (χ0v) is 16.5. The van der Waals surface area contributed by atoms with Gasteiger partial charge in [-0.25, -0.2) is 4.79 Å². The SMILES string of the molecule is CC(C)(C)OC(=O)N1CCc2c(cccc2[B-](F)(F)F)C1.[K+]. The summed E-state index contributed by atoms with van der Waals surface area (Å²) < 4.78 is 44.3. The van der Waals surface area contributed by atoms with Crippen LogP contribution in [-0.4, -0.2) is 30.1 Å². The van der Waals surface area contributed by atoms with E-state index in [1.165, 1.54) is 11.0 Å². The Morgan fingerprint density at radius 1 is 1.27 bits per heavy atom. The predicted octanol–water partition coefficient (Wildman–Crippen LogP) is 0.0382. The zero-order chi connectivity index (χ0) is 15.8. The van der Waals surface area contributed by atoms with Gasteiger partial charge in [-0.2, -0.15) is 0 Å². The minimum absolute atomic E-state index is 0. The monoisotopic (exact) mass is 339 g/mol. The Balaban J connectivity index is 0.00000242. The first-order chi connectivity index (χ1) is 9.58. The van der Waals surface area contributed by atoms with Crippen molar-refractivity contribution in [2.45, 2.75) is 39.3 Å². The third kappa shape index (κ3) is 4.99. The first-order valence-corrected chi connectivity index (χ1v) is 6.86. The molecule has 0 spiro atoms. The largest absolute Gasteiger partial charge is 1.00 e. The number of carbonyl (C=O) groups excluding carboxylic acids is 1. The maximum absolute atomic E-state index is 13.0. The van der Waals surface area contributed by atoms with Crippen molar-refractivity contribution in [3.8, 4) is 0 Å². The minimum Gasteiger partial charge on any atom is -0.445 e. The smallest absolute Gasteiger partial charge is 0.445 e. The van der Waals surface area contributed by atoms with Crippen molar-refractivity contribution in [3.63, 3.8) is 0 Å². The number of fused-ring (bicyclic) bond motifs is 1. The van der Waals surface area contributed by atoms with Gasteiger partial charge in [0.25, 0.3) is 0 Å². The molecule has 22 heavy (non-hydrogen) atoms. The normalized spacial score (nSPS) is 14.9. The van der Waals surface area contributed by atoms with Crippen LogP contribution in [-0.2, 0) is 17.7 Å². The average molecular weight is 339 g/mol. The molecule has 8 heteroatoms. The van der Waals surface area contributed by atoms with Crippen LogP contribution >= 0.6 is 0 Å². The molecule has 1 aromatic carbocycles. The second-order valence-electron chi connectivity index (χ2n) is 6.21. The second kappa shape index (κ2) is 7.25. The molecule has 1 heterocycles.